The van der Waals surface area contributed by atoms with Gasteiger partial charge in [-0.25, -0.2) is 13.1 Å². The highest BCUT2D eigenvalue weighted by Crippen LogP contribution is 2.33. The normalized spacial score (nSPS) is 22.0. The maximum Gasteiger partial charge on any atom is 0.417 e. The van der Waals surface area contributed by atoms with E-state index in [1.54, 1.807) is 0 Å². The summed E-state index contributed by atoms with van der Waals surface area (Å²) in [6.07, 6.45) is -2.95. The van der Waals surface area contributed by atoms with Gasteiger partial charge in [0.15, 0.2) is 0 Å². The van der Waals surface area contributed by atoms with E-state index >= 15 is 0 Å². The lowest BCUT2D eigenvalue weighted by Gasteiger charge is -2.15. The molecule has 1 aromatic carbocycles. The van der Waals surface area contributed by atoms with Crippen molar-refractivity contribution in [3.05, 3.63) is 29.3 Å². The van der Waals surface area contributed by atoms with Gasteiger partial charge >= 0.3 is 6.18 Å². The molecule has 1 N–H and O–H groups in total. The van der Waals surface area contributed by atoms with Crippen LogP contribution >= 0.6 is 0 Å². The van der Waals surface area contributed by atoms with Gasteiger partial charge in [-0.1, -0.05) is 0 Å². The van der Waals surface area contributed by atoms with Crippen LogP contribution in [-0.2, 0) is 20.9 Å². The molecule has 5 nitrogen and oxygen atoms in total. The van der Waals surface area contributed by atoms with Crippen molar-refractivity contribution in [2.75, 3.05) is 7.11 Å². The number of rotatable bonds is 4. The first-order valence-corrected chi connectivity index (χ1v) is 8.32. The summed E-state index contributed by atoms with van der Waals surface area (Å²) in [5, 5.41) is 8.84. The fourth-order valence-corrected chi connectivity index (χ4v) is 3.89. The Kier molecular flexibility index (Phi) is 4.98. The zero-order valence-corrected chi connectivity index (χ0v) is 13.0. The first kappa shape index (κ1) is 17.7. The second kappa shape index (κ2) is 6.47. The van der Waals surface area contributed by atoms with Gasteiger partial charge in [-0.2, -0.15) is 18.4 Å². The van der Waals surface area contributed by atoms with E-state index in [0.29, 0.717) is 25.3 Å². The highest BCUT2D eigenvalue weighted by Gasteiger charge is 2.35. The molecule has 0 radical (unpaired) electrons. The molecule has 1 aromatic rings. The zero-order valence-electron chi connectivity index (χ0n) is 12.2. The van der Waals surface area contributed by atoms with E-state index in [1.165, 1.54) is 13.2 Å². The molecular formula is C14H15F3N2O3S. The molecule has 9 heteroatoms. The van der Waals surface area contributed by atoms with Gasteiger partial charge in [-0.05, 0) is 37.5 Å². The first-order valence-electron chi connectivity index (χ1n) is 6.84. The molecule has 0 saturated heterocycles. The molecule has 0 bridgehead atoms. The maximum atomic E-state index is 12.7. The number of hydrogen-bond donors (Lipinski definition) is 1. The maximum absolute atomic E-state index is 12.7. The van der Waals surface area contributed by atoms with Crippen molar-refractivity contribution < 1.29 is 26.3 Å². The topological polar surface area (TPSA) is 79.2 Å². The second-order valence-electron chi connectivity index (χ2n) is 5.31. The van der Waals surface area contributed by atoms with Gasteiger partial charge in [0.2, 0.25) is 10.0 Å². The van der Waals surface area contributed by atoms with Crippen LogP contribution in [-0.4, -0.2) is 27.7 Å². The fraction of sp³-hybridized carbons (Fsp3) is 0.500. The molecule has 1 fully saturated rings. The molecule has 0 unspecified atom stereocenters. The Morgan fingerprint density at radius 1 is 1.35 bits per heavy atom. The van der Waals surface area contributed by atoms with Crippen LogP contribution in [0.25, 0.3) is 0 Å². The molecular weight excluding hydrogens is 333 g/mol. The quantitative estimate of drug-likeness (QED) is 0.906. The number of methoxy groups -OCH3 is 1. The monoisotopic (exact) mass is 348 g/mol. The third-order valence-electron chi connectivity index (χ3n) is 3.77. The number of benzene rings is 1. The van der Waals surface area contributed by atoms with Crippen LogP contribution in [0.15, 0.2) is 23.1 Å². The Morgan fingerprint density at radius 2 is 2.04 bits per heavy atom. The van der Waals surface area contributed by atoms with Crippen LogP contribution in [0.2, 0.25) is 0 Å². The lowest BCUT2D eigenvalue weighted by Crippen LogP contribution is -2.33. The summed E-state index contributed by atoms with van der Waals surface area (Å²) in [7, 11) is -2.46. The third-order valence-corrected chi connectivity index (χ3v) is 5.29. The standard InChI is InChI=1S/C14H15F3N2O3S/c1-22-11-3-2-10(7-11)19-23(20,21)12-4-5-13(14(15,16)17)9(6-12)8-18/h4-6,10-11,19H,2-3,7H2,1H3/t10-,11-/m1/s1. The lowest BCUT2D eigenvalue weighted by atomic mass is 10.1. The molecule has 0 heterocycles. The van der Waals surface area contributed by atoms with Crippen molar-refractivity contribution in [3.63, 3.8) is 0 Å². The molecule has 0 aromatic heterocycles. The molecule has 2 atom stereocenters. The van der Waals surface area contributed by atoms with E-state index < -0.39 is 27.3 Å². The van der Waals surface area contributed by atoms with Crippen LogP contribution in [0.1, 0.15) is 30.4 Å². The number of nitrogens with zero attached hydrogens (tertiary/aromatic N) is 1. The highest BCUT2D eigenvalue weighted by atomic mass is 32.2. The third kappa shape index (κ3) is 4.02. The Hall–Kier alpha value is -1.63. The number of nitrogens with one attached hydrogen (secondary N) is 1. The predicted molar refractivity (Wildman–Crippen MR) is 74.9 cm³/mol. The van der Waals surface area contributed by atoms with Crippen molar-refractivity contribution in [2.24, 2.45) is 0 Å². The van der Waals surface area contributed by atoms with E-state index in [4.69, 9.17) is 10.00 Å². The molecule has 126 valence electrons. The molecule has 1 saturated carbocycles. The summed E-state index contributed by atoms with van der Waals surface area (Å²) in [6.45, 7) is 0. The minimum absolute atomic E-state index is 0.0371. The molecule has 23 heavy (non-hydrogen) atoms. The van der Waals surface area contributed by atoms with Gasteiger partial charge in [0.1, 0.15) is 0 Å². The number of alkyl halides is 3. The van der Waals surface area contributed by atoms with E-state index in [1.807, 2.05) is 0 Å². The second-order valence-corrected chi connectivity index (χ2v) is 7.02. The smallest absolute Gasteiger partial charge is 0.381 e. The highest BCUT2D eigenvalue weighted by molar-refractivity contribution is 7.89. The average Bonchev–Trinajstić information content (AvgIpc) is 2.92. The number of sulfonamides is 1. The lowest BCUT2D eigenvalue weighted by molar-refractivity contribution is -0.137. The summed E-state index contributed by atoms with van der Waals surface area (Å²) in [6, 6.07) is 3.27. The molecule has 1 aliphatic rings. The molecule has 2 rings (SSSR count). The van der Waals surface area contributed by atoms with Crippen molar-refractivity contribution in [2.45, 2.75) is 42.5 Å². The van der Waals surface area contributed by atoms with Gasteiger partial charge in [-0.3, -0.25) is 0 Å². The number of ether oxygens (including phenoxy) is 1. The van der Waals surface area contributed by atoms with Crippen molar-refractivity contribution in [1.82, 2.24) is 4.72 Å². The first-order chi connectivity index (χ1) is 10.7. The van der Waals surface area contributed by atoms with Gasteiger partial charge in [0.25, 0.3) is 0 Å². The summed E-state index contributed by atoms with van der Waals surface area (Å²) >= 11 is 0. The molecule has 1 aliphatic carbocycles. The Bertz CT molecular complexity index is 726. The van der Waals surface area contributed by atoms with E-state index in [0.717, 1.165) is 12.1 Å². The number of hydrogen-bond acceptors (Lipinski definition) is 4. The van der Waals surface area contributed by atoms with Crippen LogP contribution in [0, 0.1) is 11.3 Å². The average molecular weight is 348 g/mol. The summed E-state index contributed by atoms with van der Waals surface area (Å²) < 4.78 is 70.4. The molecule has 0 spiro atoms. The van der Waals surface area contributed by atoms with Gasteiger partial charge in [-0.15, -0.1) is 0 Å². The van der Waals surface area contributed by atoms with Crippen molar-refractivity contribution in [1.29, 1.82) is 5.26 Å². The molecule has 0 aliphatic heterocycles. The predicted octanol–water partition coefficient (Wildman–Crippen LogP) is 2.42. The molecule has 0 amide bonds. The van der Waals surface area contributed by atoms with E-state index in [2.05, 4.69) is 4.72 Å². The van der Waals surface area contributed by atoms with Gasteiger partial charge in [0, 0.05) is 13.2 Å². The Labute approximate surface area is 132 Å². The number of nitriles is 1. The minimum Gasteiger partial charge on any atom is -0.381 e. The van der Waals surface area contributed by atoms with E-state index in [9.17, 15) is 21.6 Å². The zero-order chi connectivity index (χ0) is 17.3. The van der Waals surface area contributed by atoms with Crippen LogP contribution in [0.4, 0.5) is 13.2 Å². The van der Waals surface area contributed by atoms with Crippen LogP contribution < -0.4 is 4.72 Å². The number of halogens is 3. The van der Waals surface area contributed by atoms with Crippen molar-refractivity contribution >= 4 is 10.0 Å². The van der Waals surface area contributed by atoms with Crippen molar-refractivity contribution in [3.8, 4) is 6.07 Å². The van der Waals surface area contributed by atoms with Gasteiger partial charge < -0.3 is 4.74 Å². The fourth-order valence-electron chi connectivity index (χ4n) is 2.58. The van der Waals surface area contributed by atoms with Crippen LogP contribution in [0.5, 0.6) is 0 Å². The van der Waals surface area contributed by atoms with Gasteiger partial charge in [0.05, 0.1) is 28.2 Å². The summed E-state index contributed by atoms with van der Waals surface area (Å²) in [5.74, 6) is 0. The Morgan fingerprint density at radius 3 is 2.57 bits per heavy atom. The summed E-state index contributed by atoms with van der Waals surface area (Å²) in [5.41, 5.74) is -1.87. The summed E-state index contributed by atoms with van der Waals surface area (Å²) in [4.78, 5) is -0.358. The minimum atomic E-state index is -4.71. The largest absolute Gasteiger partial charge is 0.417 e. The SMILES string of the molecule is CO[C@@H]1CC[C@@H](NS(=O)(=O)c2ccc(C(F)(F)F)c(C#N)c2)C1. The van der Waals surface area contributed by atoms with E-state index in [-0.39, 0.29) is 17.0 Å². The Balaban J connectivity index is 2.26. The van der Waals surface area contributed by atoms with Crippen LogP contribution in [0.3, 0.4) is 0 Å².